The summed E-state index contributed by atoms with van der Waals surface area (Å²) in [5.41, 5.74) is 1.79. The van der Waals surface area contributed by atoms with E-state index in [1.54, 1.807) is 23.0 Å². The van der Waals surface area contributed by atoms with E-state index in [9.17, 15) is 4.79 Å². The van der Waals surface area contributed by atoms with Gasteiger partial charge in [0.25, 0.3) is 0 Å². The highest BCUT2D eigenvalue weighted by molar-refractivity contribution is 7.09. The Hall–Kier alpha value is -0.700. The van der Waals surface area contributed by atoms with Gasteiger partial charge in [-0.1, -0.05) is 25.7 Å². The molecule has 0 saturated heterocycles. The Morgan fingerprint density at radius 2 is 2.27 bits per heavy atom. The second-order valence-electron chi connectivity index (χ2n) is 4.37. The third-order valence-corrected chi connectivity index (χ3v) is 3.94. The van der Waals surface area contributed by atoms with Crippen LogP contribution >= 0.6 is 11.3 Å². The van der Waals surface area contributed by atoms with Crippen molar-refractivity contribution in [3.8, 4) is 0 Å². The van der Waals surface area contributed by atoms with E-state index in [0.29, 0.717) is 12.2 Å². The second-order valence-corrected chi connectivity index (χ2v) is 5.34. The molecule has 0 bridgehead atoms. The molecule has 82 valence electrons. The molecule has 1 aliphatic rings. The number of aromatic nitrogens is 1. The summed E-state index contributed by atoms with van der Waals surface area (Å²) in [6.07, 6.45) is 9.69. The molecule has 0 atom stereocenters. The van der Waals surface area contributed by atoms with Crippen molar-refractivity contribution in [3.63, 3.8) is 0 Å². The molecular formula is C12H17NOS. The first-order valence-electron chi connectivity index (χ1n) is 5.73. The number of carbonyl (C=O) groups is 1. The molecule has 0 aromatic carbocycles. The first-order valence-corrected chi connectivity index (χ1v) is 6.61. The number of thiazole rings is 1. The van der Waals surface area contributed by atoms with Crippen molar-refractivity contribution in [2.75, 3.05) is 0 Å². The fourth-order valence-electron chi connectivity index (χ4n) is 2.28. The highest BCUT2D eigenvalue weighted by Crippen LogP contribution is 2.28. The van der Waals surface area contributed by atoms with E-state index in [0.717, 1.165) is 23.6 Å². The zero-order valence-corrected chi connectivity index (χ0v) is 9.76. The lowest BCUT2D eigenvalue weighted by Gasteiger charge is -2.06. The second kappa shape index (κ2) is 5.40. The zero-order chi connectivity index (χ0) is 10.5. The first kappa shape index (κ1) is 10.8. The van der Waals surface area contributed by atoms with E-state index in [4.69, 9.17) is 0 Å². The Balaban J connectivity index is 1.68. The van der Waals surface area contributed by atoms with Crippen molar-refractivity contribution in [1.82, 2.24) is 4.98 Å². The van der Waals surface area contributed by atoms with Gasteiger partial charge in [-0.3, -0.25) is 9.78 Å². The van der Waals surface area contributed by atoms with Crippen LogP contribution in [0.2, 0.25) is 0 Å². The third-order valence-electron chi connectivity index (χ3n) is 3.16. The van der Waals surface area contributed by atoms with Crippen LogP contribution in [0.4, 0.5) is 0 Å². The van der Waals surface area contributed by atoms with Crippen molar-refractivity contribution in [2.24, 2.45) is 5.92 Å². The Bertz CT molecular complexity index is 301. The maximum atomic E-state index is 11.6. The van der Waals surface area contributed by atoms with E-state index in [1.807, 2.05) is 0 Å². The molecule has 2 rings (SSSR count). The van der Waals surface area contributed by atoms with Crippen molar-refractivity contribution < 1.29 is 4.79 Å². The fraction of sp³-hybridized carbons (Fsp3) is 0.667. The molecule has 0 spiro atoms. The van der Waals surface area contributed by atoms with E-state index in [-0.39, 0.29) is 0 Å². The highest BCUT2D eigenvalue weighted by atomic mass is 32.1. The van der Waals surface area contributed by atoms with Gasteiger partial charge in [0.1, 0.15) is 5.78 Å². The van der Waals surface area contributed by atoms with Gasteiger partial charge in [-0.15, -0.1) is 11.3 Å². The van der Waals surface area contributed by atoms with E-state index in [2.05, 4.69) is 4.98 Å². The SMILES string of the molecule is O=C(CCC1CCCC1)Cc1cncs1. The summed E-state index contributed by atoms with van der Waals surface area (Å²) in [6, 6.07) is 0. The minimum atomic E-state index is 0.381. The van der Waals surface area contributed by atoms with Crippen LogP contribution in [0.3, 0.4) is 0 Å². The number of nitrogens with zero attached hydrogens (tertiary/aromatic N) is 1. The van der Waals surface area contributed by atoms with Gasteiger partial charge in [-0.2, -0.15) is 0 Å². The lowest BCUT2D eigenvalue weighted by Crippen LogP contribution is -2.04. The van der Waals surface area contributed by atoms with Crippen LogP contribution in [0, 0.1) is 5.92 Å². The molecule has 1 aromatic rings. The van der Waals surface area contributed by atoms with E-state index >= 15 is 0 Å². The molecule has 0 aliphatic heterocycles. The number of ketones is 1. The average Bonchev–Trinajstić information content (AvgIpc) is 2.86. The van der Waals surface area contributed by atoms with Crippen LogP contribution in [0.1, 0.15) is 43.4 Å². The van der Waals surface area contributed by atoms with Gasteiger partial charge < -0.3 is 0 Å². The monoisotopic (exact) mass is 223 g/mol. The minimum absolute atomic E-state index is 0.381. The van der Waals surface area contributed by atoms with Crippen molar-refractivity contribution in [1.29, 1.82) is 0 Å². The van der Waals surface area contributed by atoms with Crippen molar-refractivity contribution in [2.45, 2.75) is 44.9 Å². The summed E-state index contributed by atoms with van der Waals surface area (Å²) in [4.78, 5) is 16.7. The van der Waals surface area contributed by atoms with Gasteiger partial charge in [0, 0.05) is 23.9 Å². The van der Waals surface area contributed by atoms with Crippen LogP contribution < -0.4 is 0 Å². The van der Waals surface area contributed by atoms with E-state index < -0.39 is 0 Å². The van der Waals surface area contributed by atoms with Crippen LogP contribution in [-0.2, 0) is 11.2 Å². The summed E-state index contributed by atoms with van der Waals surface area (Å²) >= 11 is 1.58. The van der Waals surface area contributed by atoms with Crippen LogP contribution in [0.5, 0.6) is 0 Å². The first-order chi connectivity index (χ1) is 7.34. The summed E-state index contributed by atoms with van der Waals surface area (Å²) in [7, 11) is 0. The largest absolute Gasteiger partial charge is 0.299 e. The van der Waals surface area contributed by atoms with Crippen molar-refractivity contribution >= 4 is 17.1 Å². The molecule has 1 aliphatic carbocycles. The van der Waals surface area contributed by atoms with Gasteiger partial charge in [0.05, 0.1) is 5.51 Å². The summed E-state index contributed by atoms with van der Waals surface area (Å²) < 4.78 is 0. The van der Waals surface area contributed by atoms with Gasteiger partial charge in [-0.05, 0) is 12.3 Å². The van der Waals surface area contributed by atoms with Gasteiger partial charge in [0.2, 0.25) is 0 Å². The molecule has 1 heterocycles. The summed E-state index contributed by atoms with van der Waals surface area (Å²) in [5, 5.41) is 0. The molecular weight excluding hydrogens is 206 g/mol. The molecule has 1 fully saturated rings. The van der Waals surface area contributed by atoms with Crippen LogP contribution in [0.15, 0.2) is 11.7 Å². The normalized spacial score (nSPS) is 17.1. The quantitative estimate of drug-likeness (QED) is 0.767. The topological polar surface area (TPSA) is 30.0 Å². The minimum Gasteiger partial charge on any atom is -0.299 e. The van der Waals surface area contributed by atoms with Gasteiger partial charge >= 0.3 is 0 Å². The Labute approximate surface area is 94.7 Å². The number of rotatable bonds is 5. The molecule has 1 saturated carbocycles. The van der Waals surface area contributed by atoms with E-state index in [1.165, 1.54) is 25.7 Å². The predicted octanol–water partition coefficient (Wildman–Crippen LogP) is 3.23. The molecule has 1 aromatic heterocycles. The maximum absolute atomic E-state index is 11.6. The third kappa shape index (κ3) is 3.42. The molecule has 0 amide bonds. The highest BCUT2D eigenvalue weighted by Gasteiger charge is 2.16. The van der Waals surface area contributed by atoms with Crippen LogP contribution in [-0.4, -0.2) is 10.8 Å². The standard InChI is InChI=1S/C12H17NOS/c14-11(7-12-8-13-9-15-12)6-5-10-3-1-2-4-10/h8-10H,1-7H2. The predicted molar refractivity (Wildman–Crippen MR) is 62.0 cm³/mol. The summed E-state index contributed by atoms with van der Waals surface area (Å²) in [5.74, 6) is 1.21. The average molecular weight is 223 g/mol. The Morgan fingerprint density at radius 1 is 1.47 bits per heavy atom. The molecule has 2 nitrogen and oxygen atoms in total. The van der Waals surface area contributed by atoms with Crippen LogP contribution in [0.25, 0.3) is 0 Å². The van der Waals surface area contributed by atoms with Gasteiger partial charge in [0.15, 0.2) is 0 Å². The molecule has 0 N–H and O–H groups in total. The zero-order valence-electron chi connectivity index (χ0n) is 8.95. The Kier molecular flexibility index (Phi) is 3.89. The summed E-state index contributed by atoms with van der Waals surface area (Å²) in [6.45, 7) is 0. The molecule has 3 heteroatoms. The smallest absolute Gasteiger partial charge is 0.138 e. The van der Waals surface area contributed by atoms with Gasteiger partial charge in [-0.25, -0.2) is 0 Å². The number of hydrogen-bond donors (Lipinski definition) is 0. The molecule has 0 radical (unpaired) electrons. The Morgan fingerprint density at radius 3 is 2.93 bits per heavy atom. The van der Waals surface area contributed by atoms with Crippen molar-refractivity contribution in [3.05, 3.63) is 16.6 Å². The lowest BCUT2D eigenvalue weighted by molar-refractivity contribution is -0.118. The molecule has 0 unspecified atom stereocenters. The molecule has 15 heavy (non-hydrogen) atoms. The lowest BCUT2D eigenvalue weighted by atomic mass is 9.99. The maximum Gasteiger partial charge on any atom is 0.138 e. The number of hydrogen-bond acceptors (Lipinski definition) is 3. The number of carbonyl (C=O) groups excluding carboxylic acids is 1. The fourth-order valence-corrected chi connectivity index (χ4v) is 2.90. The number of Topliss-reactive ketones (excluding diaryl/α,β-unsaturated/α-hetero) is 1.